The minimum atomic E-state index is -0.239. The summed E-state index contributed by atoms with van der Waals surface area (Å²) in [5.41, 5.74) is 6.84. The van der Waals surface area contributed by atoms with Gasteiger partial charge < -0.3 is 10.5 Å². The standard InChI is InChI=1S/C4H7NO.C2H4N4S/c1-6-4-2-3-5;3-2(4)6-5-1-7/h2,4H2,1H3;(H4,3,4,6). The minimum absolute atomic E-state index is 0.239. The third kappa shape index (κ3) is 25.1. The van der Waals surface area contributed by atoms with Crippen LogP contribution in [-0.2, 0) is 4.74 Å². The van der Waals surface area contributed by atoms with Crippen molar-refractivity contribution in [2.75, 3.05) is 13.7 Å². The Morgan fingerprint density at radius 3 is 2.62 bits per heavy atom. The molecule has 0 saturated heterocycles. The topological polar surface area (TPSA) is 107 Å². The zero-order valence-corrected chi connectivity index (χ0v) is 8.02. The van der Waals surface area contributed by atoms with Gasteiger partial charge in [-0.1, -0.05) is 0 Å². The van der Waals surface area contributed by atoms with Gasteiger partial charge in [0.1, 0.15) is 0 Å². The Balaban J connectivity index is 0. The van der Waals surface area contributed by atoms with Crippen LogP contribution in [0.3, 0.4) is 0 Å². The van der Waals surface area contributed by atoms with Gasteiger partial charge in [-0.2, -0.15) is 5.26 Å². The first-order valence-electron chi connectivity index (χ1n) is 3.21. The zero-order valence-electron chi connectivity index (χ0n) is 7.20. The molecule has 6 nitrogen and oxygen atoms in total. The first kappa shape index (κ1) is 14.1. The molecule has 0 unspecified atom stereocenters. The van der Waals surface area contributed by atoms with E-state index in [-0.39, 0.29) is 5.96 Å². The van der Waals surface area contributed by atoms with Crippen molar-refractivity contribution in [2.24, 2.45) is 10.8 Å². The SMILES string of the molecule is COCCC#N.N=C(N)NN=C=S. The van der Waals surface area contributed by atoms with E-state index in [1.54, 1.807) is 7.11 Å². The normalized spacial score (nSPS) is 6.77. The molecule has 0 aromatic rings. The smallest absolute Gasteiger partial charge is 0.207 e. The molecule has 72 valence electrons. The van der Waals surface area contributed by atoms with Crippen LogP contribution in [0.5, 0.6) is 0 Å². The Morgan fingerprint density at radius 2 is 2.46 bits per heavy atom. The highest BCUT2D eigenvalue weighted by Gasteiger charge is 1.73. The highest BCUT2D eigenvalue weighted by molar-refractivity contribution is 7.78. The summed E-state index contributed by atoms with van der Waals surface area (Å²) in [6.07, 6.45) is 0.497. The van der Waals surface area contributed by atoms with Crippen LogP contribution in [-0.4, -0.2) is 24.8 Å². The Hall–Kier alpha value is -1.48. The van der Waals surface area contributed by atoms with E-state index in [1.165, 1.54) is 0 Å². The summed E-state index contributed by atoms with van der Waals surface area (Å²) in [6.45, 7) is 0.552. The molecule has 0 spiro atoms. The maximum absolute atomic E-state index is 7.87. The maximum atomic E-state index is 7.87. The Morgan fingerprint density at radius 1 is 1.85 bits per heavy atom. The number of nitriles is 1. The van der Waals surface area contributed by atoms with Crippen molar-refractivity contribution < 1.29 is 4.74 Å². The molecule has 0 fully saturated rings. The van der Waals surface area contributed by atoms with Crippen LogP contribution in [0.15, 0.2) is 5.10 Å². The molecular formula is C6H11N5OS. The van der Waals surface area contributed by atoms with E-state index in [0.29, 0.717) is 13.0 Å². The lowest BCUT2D eigenvalue weighted by Crippen LogP contribution is -2.24. The van der Waals surface area contributed by atoms with Gasteiger partial charge >= 0.3 is 0 Å². The molecule has 0 aliphatic heterocycles. The number of ether oxygens (including phenoxy) is 1. The third-order valence-electron chi connectivity index (χ3n) is 0.640. The molecule has 0 aromatic carbocycles. The molecule has 0 bridgehead atoms. The van der Waals surface area contributed by atoms with Gasteiger partial charge in [0.2, 0.25) is 5.96 Å². The average molecular weight is 201 g/mol. The lowest BCUT2D eigenvalue weighted by molar-refractivity contribution is 0.205. The maximum Gasteiger partial charge on any atom is 0.207 e. The highest BCUT2D eigenvalue weighted by Crippen LogP contribution is 1.71. The number of guanidine groups is 1. The fourth-order valence-electron chi connectivity index (χ4n) is 0.231. The van der Waals surface area contributed by atoms with E-state index in [1.807, 2.05) is 11.2 Å². The summed E-state index contributed by atoms with van der Waals surface area (Å²) in [5.74, 6) is -0.239. The molecule has 0 radical (unpaired) electrons. The molecule has 0 amide bonds. The molecular weight excluding hydrogens is 190 g/mol. The Labute approximate surface area is 81.9 Å². The lowest BCUT2D eigenvalue weighted by Gasteiger charge is -1.86. The number of rotatable bonds is 3. The summed E-state index contributed by atoms with van der Waals surface area (Å²) >= 11 is 4.14. The Kier molecular flexibility index (Phi) is 14.2. The van der Waals surface area contributed by atoms with Gasteiger partial charge in [-0.15, -0.1) is 5.10 Å². The van der Waals surface area contributed by atoms with E-state index < -0.39 is 0 Å². The number of thiocarbonyl (C=S) groups is 1. The molecule has 0 aliphatic carbocycles. The number of isothiocyanates is 1. The number of hydrogen-bond acceptors (Lipinski definition) is 5. The molecule has 0 heterocycles. The first-order chi connectivity index (χ1) is 6.18. The van der Waals surface area contributed by atoms with Gasteiger partial charge in [0.25, 0.3) is 0 Å². The van der Waals surface area contributed by atoms with Crippen LogP contribution in [0.2, 0.25) is 0 Å². The van der Waals surface area contributed by atoms with Crippen molar-refractivity contribution in [1.82, 2.24) is 5.43 Å². The molecule has 0 aromatic heterocycles. The molecule has 13 heavy (non-hydrogen) atoms. The first-order valence-corrected chi connectivity index (χ1v) is 3.62. The number of nitrogens with zero attached hydrogens (tertiary/aromatic N) is 2. The number of nitrogens with one attached hydrogen (secondary N) is 2. The monoisotopic (exact) mass is 201 g/mol. The van der Waals surface area contributed by atoms with Crippen LogP contribution in [0.4, 0.5) is 0 Å². The summed E-state index contributed by atoms with van der Waals surface area (Å²) in [7, 11) is 1.58. The minimum Gasteiger partial charge on any atom is -0.384 e. The molecule has 0 atom stereocenters. The zero-order chi connectivity index (χ0) is 10.5. The van der Waals surface area contributed by atoms with Crippen molar-refractivity contribution >= 4 is 23.3 Å². The quantitative estimate of drug-likeness (QED) is 0.196. The molecule has 7 heteroatoms. The molecule has 0 saturated carbocycles. The summed E-state index contributed by atoms with van der Waals surface area (Å²) in [5, 5.41) is 19.5. The number of hydrazone groups is 1. The van der Waals surface area contributed by atoms with Crippen molar-refractivity contribution in [3.8, 4) is 6.07 Å². The summed E-state index contributed by atoms with van der Waals surface area (Å²) < 4.78 is 4.56. The van der Waals surface area contributed by atoms with E-state index in [0.717, 1.165) is 0 Å². The summed E-state index contributed by atoms with van der Waals surface area (Å²) in [4.78, 5) is 0. The lowest BCUT2D eigenvalue weighted by atomic mass is 10.5. The predicted molar refractivity (Wildman–Crippen MR) is 52.2 cm³/mol. The van der Waals surface area contributed by atoms with E-state index >= 15 is 0 Å². The number of methoxy groups -OCH3 is 1. The summed E-state index contributed by atoms with van der Waals surface area (Å²) in [6, 6.07) is 1.94. The van der Waals surface area contributed by atoms with Gasteiger partial charge in [0.15, 0.2) is 0 Å². The second-order valence-electron chi connectivity index (χ2n) is 1.63. The largest absolute Gasteiger partial charge is 0.384 e. The van der Waals surface area contributed by atoms with Crippen LogP contribution < -0.4 is 11.2 Å². The third-order valence-corrected chi connectivity index (χ3v) is 0.731. The van der Waals surface area contributed by atoms with Gasteiger partial charge in [-0.05, 0) is 12.2 Å². The van der Waals surface area contributed by atoms with Crippen molar-refractivity contribution in [2.45, 2.75) is 6.42 Å². The van der Waals surface area contributed by atoms with E-state index in [4.69, 9.17) is 16.4 Å². The fourth-order valence-corrected chi connectivity index (χ4v) is 0.276. The number of hydrogen-bond donors (Lipinski definition) is 3. The molecule has 0 rings (SSSR count). The average Bonchev–Trinajstić information content (AvgIpc) is 2.12. The van der Waals surface area contributed by atoms with Gasteiger partial charge in [0, 0.05) is 7.11 Å². The van der Waals surface area contributed by atoms with Crippen molar-refractivity contribution in [1.29, 1.82) is 10.7 Å². The second kappa shape index (κ2) is 13.1. The van der Waals surface area contributed by atoms with E-state index in [9.17, 15) is 0 Å². The second-order valence-corrected chi connectivity index (χ2v) is 1.81. The van der Waals surface area contributed by atoms with Crippen molar-refractivity contribution in [3.05, 3.63) is 0 Å². The van der Waals surface area contributed by atoms with Gasteiger partial charge in [0.05, 0.1) is 24.3 Å². The number of nitrogens with two attached hydrogens (primary N) is 1. The Bertz CT molecular complexity index is 218. The molecule has 4 N–H and O–H groups in total. The van der Waals surface area contributed by atoms with Gasteiger partial charge in [-0.3, -0.25) is 5.41 Å². The van der Waals surface area contributed by atoms with Crippen molar-refractivity contribution in [3.63, 3.8) is 0 Å². The highest BCUT2D eigenvalue weighted by atomic mass is 32.1. The van der Waals surface area contributed by atoms with Crippen LogP contribution >= 0.6 is 12.2 Å². The van der Waals surface area contributed by atoms with Crippen LogP contribution in [0, 0.1) is 16.7 Å². The van der Waals surface area contributed by atoms with Crippen LogP contribution in [0.25, 0.3) is 0 Å². The fraction of sp³-hybridized carbons (Fsp3) is 0.500. The van der Waals surface area contributed by atoms with Gasteiger partial charge in [-0.25, -0.2) is 5.43 Å². The predicted octanol–water partition coefficient (Wildman–Crippen LogP) is 0.0338. The van der Waals surface area contributed by atoms with Crippen LogP contribution in [0.1, 0.15) is 6.42 Å². The van der Waals surface area contributed by atoms with E-state index in [2.05, 4.69) is 27.5 Å². The molecule has 0 aliphatic rings.